The monoisotopic (exact) mass is 360 g/mol. The Bertz CT molecular complexity index is 633. The van der Waals surface area contributed by atoms with E-state index in [0.29, 0.717) is 11.7 Å². The molecule has 0 atom stereocenters. The van der Waals surface area contributed by atoms with Gasteiger partial charge in [0.05, 0.1) is 5.75 Å². The first-order valence-electron chi connectivity index (χ1n) is 9.31. The highest BCUT2D eigenvalue weighted by molar-refractivity contribution is 8.00. The van der Waals surface area contributed by atoms with Crippen molar-refractivity contribution in [2.75, 3.05) is 31.9 Å². The fraction of sp³-hybridized carbons (Fsp3) is 0.600. The minimum Gasteiger partial charge on any atom is -0.342 e. The maximum Gasteiger partial charge on any atom is 0.232 e. The molecule has 0 unspecified atom stereocenters. The summed E-state index contributed by atoms with van der Waals surface area (Å²) in [5.74, 6) is 1.11. The quantitative estimate of drug-likeness (QED) is 0.774. The largest absolute Gasteiger partial charge is 0.342 e. The summed E-state index contributed by atoms with van der Waals surface area (Å²) in [6, 6.07) is 6.36. The molecule has 0 radical (unpaired) electrons. The predicted molar refractivity (Wildman–Crippen MR) is 102 cm³/mol. The first-order chi connectivity index (χ1) is 12.0. The van der Waals surface area contributed by atoms with E-state index in [1.165, 1.54) is 16.0 Å². The maximum atomic E-state index is 12.5. The lowest BCUT2D eigenvalue weighted by Crippen LogP contribution is -2.44. The van der Waals surface area contributed by atoms with Crippen LogP contribution in [0.1, 0.15) is 36.8 Å². The van der Waals surface area contributed by atoms with Crippen LogP contribution < -0.4 is 0 Å². The molecule has 1 aromatic rings. The Hall–Kier alpha value is -1.49. The van der Waals surface area contributed by atoms with Gasteiger partial charge < -0.3 is 9.80 Å². The normalized spacial score (nSPS) is 18.6. The van der Waals surface area contributed by atoms with Gasteiger partial charge in [-0.25, -0.2) is 0 Å². The molecule has 0 bridgehead atoms. The summed E-state index contributed by atoms with van der Waals surface area (Å²) in [6.45, 7) is 7.44. The molecule has 2 fully saturated rings. The van der Waals surface area contributed by atoms with Gasteiger partial charge in [0, 0.05) is 37.0 Å². The van der Waals surface area contributed by atoms with E-state index in [4.69, 9.17) is 0 Å². The van der Waals surface area contributed by atoms with Crippen molar-refractivity contribution in [2.45, 2.75) is 44.4 Å². The molecule has 2 aliphatic heterocycles. The van der Waals surface area contributed by atoms with Gasteiger partial charge in [-0.3, -0.25) is 9.59 Å². The van der Waals surface area contributed by atoms with Crippen molar-refractivity contribution >= 4 is 23.6 Å². The highest BCUT2D eigenvalue weighted by Gasteiger charge is 2.31. The molecule has 1 aromatic carbocycles. The third kappa shape index (κ3) is 4.57. The Balaban J connectivity index is 1.46. The maximum absolute atomic E-state index is 12.5. The van der Waals surface area contributed by atoms with Crippen LogP contribution >= 0.6 is 11.8 Å². The summed E-state index contributed by atoms with van der Waals surface area (Å²) < 4.78 is 0. The zero-order valence-corrected chi connectivity index (χ0v) is 16.1. The van der Waals surface area contributed by atoms with Crippen LogP contribution in [0.5, 0.6) is 0 Å². The molecule has 2 heterocycles. The van der Waals surface area contributed by atoms with Crippen LogP contribution in [0.15, 0.2) is 23.1 Å². The van der Waals surface area contributed by atoms with Gasteiger partial charge in [-0.15, -0.1) is 11.8 Å². The van der Waals surface area contributed by atoms with Crippen LogP contribution in [0.3, 0.4) is 0 Å². The first kappa shape index (κ1) is 18.3. The van der Waals surface area contributed by atoms with Crippen LogP contribution in [0.4, 0.5) is 0 Å². The number of hydrogen-bond donors (Lipinski definition) is 0. The number of carbonyl (C=O) groups excluding carboxylic acids is 2. The number of carbonyl (C=O) groups is 2. The number of nitrogens with zero attached hydrogens (tertiary/aromatic N) is 2. The summed E-state index contributed by atoms with van der Waals surface area (Å²) in [6.07, 6.45) is 3.90. The third-order valence-corrected chi connectivity index (χ3v) is 6.45. The fourth-order valence-corrected chi connectivity index (χ4v) is 4.69. The molecule has 3 rings (SSSR count). The Labute approximate surface area is 154 Å². The van der Waals surface area contributed by atoms with Gasteiger partial charge >= 0.3 is 0 Å². The van der Waals surface area contributed by atoms with E-state index in [-0.39, 0.29) is 11.8 Å². The zero-order chi connectivity index (χ0) is 17.8. The van der Waals surface area contributed by atoms with Crippen molar-refractivity contribution in [1.82, 2.24) is 9.80 Å². The van der Waals surface area contributed by atoms with Crippen LogP contribution in [0, 0.1) is 19.8 Å². The van der Waals surface area contributed by atoms with Gasteiger partial charge in [-0.1, -0.05) is 17.7 Å². The average Bonchev–Trinajstić information content (AvgIpc) is 3.16. The van der Waals surface area contributed by atoms with E-state index in [1.807, 2.05) is 9.80 Å². The van der Waals surface area contributed by atoms with Crippen molar-refractivity contribution in [3.8, 4) is 0 Å². The summed E-state index contributed by atoms with van der Waals surface area (Å²) in [7, 11) is 0. The Kier molecular flexibility index (Phi) is 6.05. The second-order valence-corrected chi connectivity index (χ2v) is 8.26. The molecule has 5 heteroatoms. The molecule has 0 saturated carbocycles. The summed E-state index contributed by atoms with van der Waals surface area (Å²) in [5.41, 5.74) is 2.44. The molecule has 2 aliphatic rings. The number of rotatable bonds is 4. The van der Waals surface area contributed by atoms with Gasteiger partial charge in [0.25, 0.3) is 0 Å². The molecule has 136 valence electrons. The van der Waals surface area contributed by atoms with Gasteiger partial charge in [-0.05, 0) is 51.2 Å². The molecular formula is C20H28N2O2S. The molecule has 25 heavy (non-hydrogen) atoms. The van der Waals surface area contributed by atoms with E-state index in [2.05, 4.69) is 32.0 Å². The molecular weight excluding hydrogens is 332 g/mol. The molecule has 0 spiro atoms. The number of thioether (sulfide) groups is 1. The predicted octanol–water partition coefficient (Wildman–Crippen LogP) is 3.26. The standard InChI is InChI=1S/C20H28N2O2S/c1-15-5-6-16(2)18(13-15)25-14-19(23)21-11-7-17(8-12-21)20(24)22-9-3-4-10-22/h5-6,13,17H,3-4,7-12,14H2,1-2H3. The van der Waals surface area contributed by atoms with Crippen molar-refractivity contribution in [2.24, 2.45) is 5.92 Å². The van der Waals surface area contributed by atoms with E-state index in [1.54, 1.807) is 11.8 Å². The summed E-state index contributed by atoms with van der Waals surface area (Å²) >= 11 is 1.62. The second kappa shape index (κ2) is 8.26. The smallest absolute Gasteiger partial charge is 0.232 e. The zero-order valence-electron chi connectivity index (χ0n) is 15.3. The van der Waals surface area contributed by atoms with Crippen LogP contribution in [0.25, 0.3) is 0 Å². The Morgan fingerprint density at radius 1 is 1.04 bits per heavy atom. The molecule has 0 aliphatic carbocycles. The van der Waals surface area contributed by atoms with Crippen molar-refractivity contribution in [3.05, 3.63) is 29.3 Å². The Morgan fingerprint density at radius 2 is 1.72 bits per heavy atom. The first-order valence-corrected chi connectivity index (χ1v) is 10.3. The lowest BCUT2D eigenvalue weighted by atomic mass is 9.95. The van der Waals surface area contributed by atoms with Crippen LogP contribution in [-0.4, -0.2) is 53.5 Å². The van der Waals surface area contributed by atoms with E-state index in [0.717, 1.165) is 51.9 Å². The molecule has 2 saturated heterocycles. The van der Waals surface area contributed by atoms with E-state index >= 15 is 0 Å². The highest BCUT2D eigenvalue weighted by Crippen LogP contribution is 2.26. The molecule has 0 aromatic heterocycles. The number of benzene rings is 1. The van der Waals surface area contributed by atoms with Crippen LogP contribution in [-0.2, 0) is 9.59 Å². The summed E-state index contributed by atoms with van der Waals surface area (Å²) in [5, 5.41) is 0. The molecule has 0 N–H and O–H groups in total. The number of hydrogen-bond acceptors (Lipinski definition) is 3. The number of likely N-dealkylation sites (tertiary alicyclic amines) is 2. The van der Waals surface area contributed by atoms with Crippen LogP contribution in [0.2, 0.25) is 0 Å². The lowest BCUT2D eigenvalue weighted by Gasteiger charge is -2.33. The third-order valence-electron chi connectivity index (χ3n) is 5.31. The van der Waals surface area contributed by atoms with Crippen molar-refractivity contribution in [3.63, 3.8) is 0 Å². The lowest BCUT2D eigenvalue weighted by molar-refractivity contribution is -0.139. The molecule has 2 amide bonds. The topological polar surface area (TPSA) is 40.6 Å². The second-order valence-electron chi connectivity index (χ2n) is 7.25. The van der Waals surface area contributed by atoms with Gasteiger partial charge in [0.2, 0.25) is 11.8 Å². The minimum absolute atomic E-state index is 0.119. The average molecular weight is 361 g/mol. The SMILES string of the molecule is Cc1ccc(C)c(SCC(=O)N2CCC(C(=O)N3CCCC3)CC2)c1. The van der Waals surface area contributed by atoms with E-state index < -0.39 is 0 Å². The molecule has 4 nitrogen and oxygen atoms in total. The number of piperidine rings is 1. The number of aryl methyl sites for hydroxylation is 2. The number of amides is 2. The fourth-order valence-electron chi connectivity index (χ4n) is 3.67. The van der Waals surface area contributed by atoms with Gasteiger partial charge in [0.15, 0.2) is 0 Å². The van der Waals surface area contributed by atoms with Crippen molar-refractivity contribution < 1.29 is 9.59 Å². The van der Waals surface area contributed by atoms with E-state index in [9.17, 15) is 9.59 Å². The summed E-state index contributed by atoms with van der Waals surface area (Å²) in [4.78, 5) is 30.1. The Morgan fingerprint density at radius 3 is 2.40 bits per heavy atom. The van der Waals surface area contributed by atoms with Crippen molar-refractivity contribution in [1.29, 1.82) is 0 Å². The van der Waals surface area contributed by atoms with Gasteiger partial charge in [-0.2, -0.15) is 0 Å². The minimum atomic E-state index is 0.119. The van der Waals surface area contributed by atoms with Gasteiger partial charge in [0.1, 0.15) is 0 Å². The highest BCUT2D eigenvalue weighted by atomic mass is 32.2.